The second kappa shape index (κ2) is 7.65. The SMILES string of the molecule is CC(C)(C)C(=O)N1CCN2[C@H](CN(C(=O)c3ccc(Cl)cc3)C[C@@]2(C)CO)C1. The monoisotopic (exact) mass is 407 g/mol. The van der Waals surface area contributed by atoms with Crippen molar-refractivity contribution in [2.24, 2.45) is 5.41 Å². The molecule has 1 N–H and O–H groups in total. The lowest BCUT2D eigenvalue weighted by Gasteiger charge is -2.56. The number of benzene rings is 1. The van der Waals surface area contributed by atoms with Gasteiger partial charge in [0.2, 0.25) is 5.91 Å². The number of amides is 2. The second-order valence-corrected chi connectivity index (χ2v) is 9.63. The average molecular weight is 408 g/mol. The fourth-order valence-corrected chi connectivity index (χ4v) is 4.40. The molecule has 2 amide bonds. The molecule has 0 radical (unpaired) electrons. The van der Waals surface area contributed by atoms with Crippen LogP contribution in [-0.4, -0.2) is 82.5 Å². The number of nitrogens with zero attached hydrogens (tertiary/aromatic N) is 3. The van der Waals surface area contributed by atoms with Crippen molar-refractivity contribution < 1.29 is 14.7 Å². The number of carbonyl (C=O) groups excluding carboxylic acids is 2. The van der Waals surface area contributed by atoms with Crippen LogP contribution in [0.15, 0.2) is 24.3 Å². The summed E-state index contributed by atoms with van der Waals surface area (Å²) in [6.45, 7) is 10.6. The van der Waals surface area contributed by atoms with Gasteiger partial charge in [0.1, 0.15) is 0 Å². The standard InChI is InChI=1S/C21H30ClN3O3/c1-20(2,3)19(28)23-9-10-25-17(11-23)12-24(13-21(25,4)14-26)18(27)15-5-7-16(22)8-6-15/h5-8,17,26H,9-14H2,1-4H3/t17-,21-/m0/s1. The lowest BCUT2D eigenvalue weighted by atomic mass is 9.89. The maximum absolute atomic E-state index is 13.1. The van der Waals surface area contributed by atoms with Crippen molar-refractivity contribution in [2.75, 3.05) is 39.3 Å². The number of hydrogen-bond acceptors (Lipinski definition) is 4. The third-order valence-corrected chi connectivity index (χ3v) is 6.04. The van der Waals surface area contributed by atoms with E-state index in [1.165, 1.54) is 0 Å². The minimum Gasteiger partial charge on any atom is -0.394 e. The van der Waals surface area contributed by atoms with E-state index in [-0.39, 0.29) is 24.5 Å². The minimum absolute atomic E-state index is 0.00204. The second-order valence-electron chi connectivity index (χ2n) is 9.20. The van der Waals surface area contributed by atoms with Gasteiger partial charge in [0.05, 0.1) is 12.1 Å². The van der Waals surface area contributed by atoms with Crippen molar-refractivity contribution >= 4 is 23.4 Å². The molecule has 2 atom stereocenters. The van der Waals surface area contributed by atoms with E-state index >= 15 is 0 Å². The number of hydrogen-bond donors (Lipinski definition) is 1. The van der Waals surface area contributed by atoms with Crippen LogP contribution in [0.2, 0.25) is 5.02 Å². The first kappa shape index (κ1) is 21.1. The third-order valence-electron chi connectivity index (χ3n) is 5.79. The molecule has 2 saturated heterocycles. The smallest absolute Gasteiger partial charge is 0.253 e. The molecule has 2 fully saturated rings. The summed E-state index contributed by atoms with van der Waals surface area (Å²) < 4.78 is 0. The molecule has 6 nitrogen and oxygen atoms in total. The van der Waals surface area contributed by atoms with E-state index in [4.69, 9.17) is 11.6 Å². The molecule has 0 spiro atoms. The summed E-state index contributed by atoms with van der Waals surface area (Å²) in [5.74, 6) is 0.0502. The Balaban J connectivity index is 1.82. The summed E-state index contributed by atoms with van der Waals surface area (Å²) in [6, 6.07) is 6.87. The topological polar surface area (TPSA) is 64.1 Å². The zero-order valence-electron chi connectivity index (χ0n) is 17.1. The molecule has 0 unspecified atom stereocenters. The minimum atomic E-state index is -0.526. The molecule has 28 heavy (non-hydrogen) atoms. The van der Waals surface area contributed by atoms with Gasteiger partial charge >= 0.3 is 0 Å². The van der Waals surface area contributed by atoms with Crippen LogP contribution in [0.1, 0.15) is 38.1 Å². The number of piperazine rings is 2. The Morgan fingerprint density at radius 3 is 2.32 bits per heavy atom. The first-order valence-electron chi connectivity index (χ1n) is 9.77. The molecule has 1 aromatic carbocycles. The van der Waals surface area contributed by atoms with Gasteiger partial charge in [-0.3, -0.25) is 14.5 Å². The summed E-state index contributed by atoms with van der Waals surface area (Å²) in [7, 11) is 0. The van der Waals surface area contributed by atoms with Crippen molar-refractivity contribution in [3.8, 4) is 0 Å². The Labute approximate surface area is 172 Å². The van der Waals surface area contributed by atoms with Gasteiger partial charge in [0.15, 0.2) is 0 Å². The van der Waals surface area contributed by atoms with E-state index in [9.17, 15) is 14.7 Å². The van der Waals surface area contributed by atoms with E-state index in [1.54, 1.807) is 29.2 Å². The van der Waals surface area contributed by atoms with E-state index in [0.717, 1.165) is 0 Å². The molecular formula is C21H30ClN3O3. The van der Waals surface area contributed by atoms with Crippen LogP contribution in [-0.2, 0) is 4.79 Å². The molecule has 2 aliphatic heterocycles. The molecule has 0 aromatic heterocycles. The van der Waals surface area contributed by atoms with Gasteiger partial charge in [-0.25, -0.2) is 0 Å². The first-order chi connectivity index (χ1) is 13.0. The van der Waals surface area contributed by atoms with Gasteiger partial charge in [0, 0.05) is 54.8 Å². The van der Waals surface area contributed by atoms with Crippen LogP contribution >= 0.6 is 11.6 Å². The van der Waals surface area contributed by atoms with Crippen molar-refractivity contribution in [2.45, 2.75) is 39.3 Å². The van der Waals surface area contributed by atoms with Crippen LogP contribution in [0.25, 0.3) is 0 Å². The highest BCUT2D eigenvalue weighted by molar-refractivity contribution is 6.30. The van der Waals surface area contributed by atoms with Crippen LogP contribution in [0.4, 0.5) is 0 Å². The van der Waals surface area contributed by atoms with E-state index in [0.29, 0.717) is 43.3 Å². The summed E-state index contributed by atoms with van der Waals surface area (Å²) in [6.07, 6.45) is 0. The summed E-state index contributed by atoms with van der Waals surface area (Å²) in [5.41, 5.74) is -0.380. The molecule has 2 heterocycles. The van der Waals surface area contributed by atoms with Crippen LogP contribution in [0.5, 0.6) is 0 Å². The summed E-state index contributed by atoms with van der Waals surface area (Å²) in [4.78, 5) is 31.8. The molecule has 154 valence electrons. The average Bonchev–Trinajstić information content (AvgIpc) is 2.66. The fraction of sp³-hybridized carbons (Fsp3) is 0.619. The lowest BCUT2D eigenvalue weighted by molar-refractivity contribution is -0.147. The van der Waals surface area contributed by atoms with Gasteiger partial charge < -0.3 is 14.9 Å². The van der Waals surface area contributed by atoms with Gasteiger partial charge in [-0.05, 0) is 31.2 Å². The molecule has 0 aliphatic carbocycles. The largest absolute Gasteiger partial charge is 0.394 e. The van der Waals surface area contributed by atoms with Gasteiger partial charge in [-0.15, -0.1) is 0 Å². The Bertz CT molecular complexity index is 746. The molecular weight excluding hydrogens is 378 g/mol. The number of fused-ring (bicyclic) bond motifs is 1. The number of aliphatic hydroxyl groups is 1. The summed E-state index contributed by atoms with van der Waals surface area (Å²) >= 11 is 5.94. The summed E-state index contributed by atoms with van der Waals surface area (Å²) in [5, 5.41) is 10.7. The molecule has 7 heteroatoms. The molecule has 1 aromatic rings. The number of aliphatic hydroxyl groups excluding tert-OH is 1. The van der Waals surface area contributed by atoms with Gasteiger partial charge in [-0.2, -0.15) is 0 Å². The van der Waals surface area contributed by atoms with Gasteiger partial charge in [0.25, 0.3) is 5.91 Å². The van der Waals surface area contributed by atoms with Crippen molar-refractivity contribution in [1.29, 1.82) is 0 Å². The van der Waals surface area contributed by atoms with Crippen molar-refractivity contribution in [3.63, 3.8) is 0 Å². The lowest BCUT2D eigenvalue weighted by Crippen LogP contribution is -2.73. The normalized spacial score (nSPS) is 26.1. The zero-order chi connectivity index (χ0) is 20.7. The maximum atomic E-state index is 13.1. The molecule has 2 aliphatic rings. The third kappa shape index (κ3) is 4.04. The zero-order valence-corrected chi connectivity index (χ0v) is 17.9. The number of rotatable bonds is 2. The Morgan fingerprint density at radius 1 is 1.14 bits per heavy atom. The highest BCUT2D eigenvalue weighted by Gasteiger charge is 2.47. The first-order valence-corrected chi connectivity index (χ1v) is 10.1. The fourth-order valence-electron chi connectivity index (χ4n) is 4.27. The van der Waals surface area contributed by atoms with Crippen LogP contribution in [0.3, 0.4) is 0 Å². The number of halogens is 1. The highest BCUT2D eigenvalue weighted by atomic mass is 35.5. The Kier molecular flexibility index (Phi) is 5.76. The Morgan fingerprint density at radius 2 is 1.75 bits per heavy atom. The van der Waals surface area contributed by atoms with E-state index in [2.05, 4.69) is 4.90 Å². The van der Waals surface area contributed by atoms with E-state index < -0.39 is 11.0 Å². The van der Waals surface area contributed by atoms with Gasteiger partial charge in [-0.1, -0.05) is 32.4 Å². The number of carbonyl (C=O) groups is 2. The molecule has 0 bridgehead atoms. The van der Waals surface area contributed by atoms with Crippen molar-refractivity contribution in [3.05, 3.63) is 34.9 Å². The van der Waals surface area contributed by atoms with Crippen molar-refractivity contribution in [1.82, 2.24) is 14.7 Å². The molecule has 0 saturated carbocycles. The quantitative estimate of drug-likeness (QED) is 0.815. The Hall–Kier alpha value is -1.63. The maximum Gasteiger partial charge on any atom is 0.253 e. The molecule has 3 rings (SSSR count). The van der Waals surface area contributed by atoms with E-state index in [1.807, 2.05) is 32.6 Å². The van der Waals surface area contributed by atoms with Crippen LogP contribution < -0.4 is 0 Å². The highest BCUT2D eigenvalue weighted by Crippen LogP contribution is 2.30. The predicted molar refractivity (Wildman–Crippen MR) is 109 cm³/mol. The van der Waals surface area contributed by atoms with Crippen LogP contribution in [0, 0.1) is 5.41 Å². The predicted octanol–water partition coefficient (Wildman–Crippen LogP) is 2.11.